The van der Waals surface area contributed by atoms with Gasteiger partial charge in [-0.3, -0.25) is 4.79 Å². The summed E-state index contributed by atoms with van der Waals surface area (Å²) >= 11 is 5.96. The second-order valence-corrected chi connectivity index (χ2v) is 6.65. The van der Waals surface area contributed by atoms with Crippen LogP contribution in [0.1, 0.15) is 29.3 Å². The van der Waals surface area contributed by atoms with E-state index in [-0.39, 0.29) is 11.9 Å². The zero-order chi connectivity index (χ0) is 18.4. The van der Waals surface area contributed by atoms with Crippen molar-refractivity contribution in [3.05, 3.63) is 83.4 Å². The first kappa shape index (κ1) is 18.2. The van der Waals surface area contributed by atoms with Crippen molar-refractivity contribution in [1.29, 1.82) is 0 Å². The molecule has 0 amide bonds. The lowest BCUT2D eigenvalue weighted by atomic mass is 10.1. The molecule has 5 heteroatoms. The predicted molar refractivity (Wildman–Crippen MR) is 103 cm³/mol. The highest BCUT2D eigenvalue weighted by molar-refractivity contribution is 6.30. The monoisotopic (exact) mass is 368 g/mol. The van der Waals surface area contributed by atoms with Crippen molar-refractivity contribution in [3.8, 4) is 5.75 Å². The largest absolute Gasteiger partial charge is 0.488 e. The van der Waals surface area contributed by atoms with Gasteiger partial charge in [-0.25, -0.2) is 4.98 Å². The molecule has 0 aliphatic rings. The van der Waals surface area contributed by atoms with Crippen LogP contribution >= 0.6 is 11.6 Å². The highest BCUT2D eigenvalue weighted by atomic mass is 35.5. The van der Waals surface area contributed by atoms with Crippen LogP contribution in [0.25, 0.3) is 0 Å². The van der Waals surface area contributed by atoms with Crippen molar-refractivity contribution < 1.29 is 9.53 Å². The Kier molecular flexibility index (Phi) is 6.08. The number of hydrogen-bond acceptors (Lipinski definition) is 3. The van der Waals surface area contributed by atoms with Gasteiger partial charge in [0.15, 0.2) is 5.78 Å². The minimum Gasteiger partial charge on any atom is -0.488 e. The molecule has 1 aromatic heterocycles. The van der Waals surface area contributed by atoms with Crippen LogP contribution in [0, 0.1) is 0 Å². The van der Waals surface area contributed by atoms with E-state index in [1.165, 1.54) is 5.56 Å². The fraction of sp³-hybridized carbons (Fsp3) is 0.238. The van der Waals surface area contributed by atoms with Gasteiger partial charge >= 0.3 is 0 Å². The Balaban J connectivity index is 1.75. The van der Waals surface area contributed by atoms with E-state index in [1.54, 1.807) is 25.5 Å². The number of Topliss-reactive ketones (excluding diaryl/α,β-unsaturated/α-hetero) is 1. The second-order valence-electron chi connectivity index (χ2n) is 6.22. The Morgan fingerprint density at radius 1 is 1.19 bits per heavy atom. The summed E-state index contributed by atoms with van der Waals surface area (Å²) in [4.78, 5) is 16.0. The molecule has 0 radical (unpaired) electrons. The minimum absolute atomic E-state index is 0.000294. The minimum atomic E-state index is -0.0830. The van der Waals surface area contributed by atoms with Gasteiger partial charge in [0.05, 0.1) is 18.4 Å². The van der Waals surface area contributed by atoms with E-state index in [0.29, 0.717) is 17.9 Å². The first-order valence-electron chi connectivity index (χ1n) is 8.58. The number of imidazole rings is 1. The van der Waals surface area contributed by atoms with E-state index in [9.17, 15) is 4.79 Å². The highest BCUT2D eigenvalue weighted by Crippen LogP contribution is 2.22. The molecule has 3 rings (SSSR count). The Hall–Kier alpha value is -2.59. The number of carbonyl (C=O) groups is 1. The molecule has 0 spiro atoms. The van der Waals surface area contributed by atoms with Crippen LogP contribution in [0.15, 0.2) is 67.3 Å². The third kappa shape index (κ3) is 4.96. The standard InChI is InChI=1S/C21H21ClN2O2/c1-16(25)20-4-2-3-5-21(20)26-19(14-24-13-12-23-15-24)11-8-17-6-9-18(22)10-7-17/h2-7,9-10,12-13,15,19H,8,11,14H2,1H3. The van der Waals surface area contributed by atoms with E-state index in [0.717, 1.165) is 17.9 Å². The van der Waals surface area contributed by atoms with Gasteiger partial charge in [-0.1, -0.05) is 35.9 Å². The van der Waals surface area contributed by atoms with E-state index >= 15 is 0 Å². The first-order valence-corrected chi connectivity index (χ1v) is 8.96. The van der Waals surface area contributed by atoms with Crippen molar-refractivity contribution in [2.45, 2.75) is 32.4 Å². The Bertz CT molecular complexity index is 845. The molecule has 2 aromatic carbocycles. The number of para-hydroxylation sites is 1. The summed E-state index contributed by atoms with van der Waals surface area (Å²) in [5.74, 6) is 0.626. The lowest BCUT2D eigenvalue weighted by Crippen LogP contribution is -2.24. The topological polar surface area (TPSA) is 44.1 Å². The van der Waals surface area contributed by atoms with Crippen molar-refractivity contribution in [1.82, 2.24) is 9.55 Å². The van der Waals surface area contributed by atoms with Crippen molar-refractivity contribution in [2.75, 3.05) is 0 Å². The fourth-order valence-corrected chi connectivity index (χ4v) is 2.96. The smallest absolute Gasteiger partial charge is 0.163 e. The summed E-state index contributed by atoms with van der Waals surface area (Å²) in [7, 11) is 0. The molecule has 0 bridgehead atoms. The van der Waals surface area contributed by atoms with E-state index in [4.69, 9.17) is 16.3 Å². The zero-order valence-electron chi connectivity index (χ0n) is 14.6. The Labute approximate surface area is 158 Å². The summed E-state index contributed by atoms with van der Waals surface area (Å²) in [6.07, 6.45) is 7.02. The summed E-state index contributed by atoms with van der Waals surface area (Å²) in [5.41, 5.74) is 1.81. The molecule has 134 valence electrons. The second kappa shape index (κ2) is 8.68. The summed E-state index contributed by atoms with van der Waals surface area (Å²) in [6, 6.07) is 15.2. The average molecular weight is 369 g/mol. The van der Waals surface area contributed by atoms with E-state index in [1.807, 2.05) is 53.2 Å². The van der Waals surface area contributed by atoms with Crippen LogP contribution < -0.4 is 4.74 Å². The Morgan fingerprint density at radius 3 is 2.65 bits per heavy atom. The van der Waals surface area contributed by atoms with Gasteiger partial charge in [-0.15, -0.1) is 0 Å². The number of ketones is 1. The number of benzene rings is 2. The number of nitrogens with zero attached hydrogens (tertiary/aromatic N) is 2. The summed E-state index contributed by atoms with van der Waals surface area (Å²) in [6.45, 7) is 2.22. The number of ether oxygens (including phenoxy) is 1. The van der Waals surface area contributed by atoms with E-state index < -0.39 is 0 Å². The van der Waals surface area contributed by atoms with Gasteiger partial charge < -0.3 is 9.30 Å². The number of halogens is 1. The number of hydrogen-bond donors (Lipinski definition) is 0. The molecule has 26 heavy (non-hydrogen) atoms. The maximum absolute atomic E-state index is 11.9. The SMILES string of the molecule is CC(=O)c1ccccc1OC(CCc1ccc(Cl)cc1)Cn1ccnc1. The van der Waals surface area contributed by atoms with Crippen LogP contribution in [0.4, 0.5) is 0 Å². The van der Waals surface area contributed by atoms with Gasteiger partial charge in [-0.05, 0) is 49.6 Å². The summed E-state index contributed by atoms with van der Waals surface area (Å²) < 4.78 is 8.22. The average Bonchev–Trinajstić information content (AvgIpc) is 3.14. The molecular formula is C21H21ClN2O2. The first-order chi connectivity index (χ1) is 12.6. The maximum Gasteiger partial charge on any atom is 0.163 e. The number of aryl methyl sites for hydroxylation is 1. The zero-order valence-corrected chi connectivity index (χ0v) is 15.4. The van der Waals surface area contributed by atoms with Crippen LogP contribution in [-0.4, -0.2) is 21.4 Å². The van der Waals surface area contributed by atoms with Crippen molar-refractivity contribution in [2.24, 2.45) is 0 Å². The van der Waals surface area contributed by atoms with Gasteiger partial charge in [0.2, 0.25) is 0 Å². The lowest BCUT2D eigenvalue weighted by molar-refractivity contribution is 0.100. The van der Waals surface area contributed by atoms with Gasteiger partial charge in [0, 0.05) is 17.4 Å². The molecule has 1 unspecified atom stereocenters. The van der Waals surface area contributed by atoms with Crippen LogP contribution in [0.2, 0.25) is 5.02 Å². The van der Waals surface area contributed by atoms with Crippen molar-refractivity contribution >= 4 is 17.4 Å². The molecular weight excluding hydrogens is 348 g/mol. The predicted octanol–water partition coefficient (Wildman–Crippen LogP) is 4.82. The normalized spacial score (nSPS) is 11.9. The molecule has 0 aliphatic carbocycles. The molecule has 0 fully saturated rings. The van der Waals surface area contributed by atoms with Crippen LogP contribution in [0.3, 0.4) is 0 Å². The highest BCUT2D eigenvalue weighted by Gasteiger charge is 2.15. The van der Waals surface area contributed by atoms with Crippen LogP contribution in [0.5, 0.6) is 5.75 Å². The Morgan fingerprint density at radius 2 is 1.96 bits per heavy atom. The molecule has 0 N–H and O–H groups in total. The van der Waals surface area contributed by atoms with Gasteiger partial charge in [0.25, 0.3) is 0 Å². The number of carbonyl (C=O) groups excluding carboxylic acids is 1. The fourth-order valence-electron chi connectivity index (χ4n) is 2.84. The maximum atomic E-state index is 11.9. The van der Waals surface area contributed by atoms with E-state index in [2.05, 4.69) is 4.98 Å². The molecule has 0 aliphatic heterocycles. The third-order valence-corrected chi connectivity index (χ3v) is 4.45. The van der Waals surface area contributed by atoms with Crippen LogP contribution in [-0.2, 0) is 13.0 Å². The summed E-state index contributed by atoms with van der Waals surface area (Å²) in [5, 5.41) is 0.732. The van der Waals surface area contributed by atoms with Crippen molar-refractivity contribution in [3.63, 3.8) is 0 Å². The quantitative estimate of drug-likeness (QED) is 0.535. The third-order valence-electron chi connectivity index (χ3n) is 4.20. The number of aromatic nitrogens is 2. The van der Waals surface area contributed by atoms with Gasteiger partial charge in [0.1, 0.15) is 11.9 Å². The molecule has 0 saturated heterocycles. The molecule has 4 nitrogen and oxygen atoms in total. The number of rotatable bonds is 8. The lowest BCUT2D eigenvalue weighted by Gasteiger charge is -2.21. The van der Waals surface area contributed by atoms with Gasteiger partial charge in [-0.2, -0.15) is 0 Å². The molecule has 1 atom stereocenters. The molecule has 0 saturated carbocycles. The molecule has 3 aromatic rings. The molecule has 1 heterocycles.